The van der Waals surface area contributed by atoms with Gasteiger partial charge in [0.25, 0.3) is 0 Å². The Morgan fingerprint density at radius 1 is 1.19 bits per heavy atom. The van der Waals surface area contributed by atoms with Gasteiger partial charge < -0.3 is 9.52 Å². The quantitative estimate of drug-likeness (QED) is 0.843. The molecule has 0 amide bonds. The Morgan fingerprint density at radius 2 is 1.81 bits per heavy atom. The van der Waals surface area contributed by atoms with Crippen molar-refractivity contribution in [1.29, 1.82) is 0 Å². The average Bonchev–Trinajstić information content (AvgIpc) is 2.77. The van der Waals surface area contributed by atoms with Gasteiger partial charge in [-0.2, -0.15) is 0 Å². The number of aryl methyl sites for hydroxylation is 2. The van der Waals surface area contributed by atoms with Crippen molar-refractivity contribution in [2.75, 3.05) is 0 Å². The largest absolute Gasteiger partial charge is 0.466 e. The summed E-state index contributed by atoms with van der Waals surface area (Å²) in [5, 5.41) is 10.3. The fourth-order valence-corrected chi connectivity index (χ4v) is 2.98. The third-order valence-corrected chi connectivity index (χ3v) is 3.98. The average molecular weight is 222 g/mol. The Morgan fingerprint density at radius 3 is 2.31 bits per heavy atom. The lowest BCUT2D eigenvalue weighted by molar-refractivity contribution is 0.142. The molecule has 90 valence electrons. The van der Waals surface area contributed by atoms with Gasteiger partial charge in [-0.3, -0.25) is 0 Å². The van der Waals surface area contributed by atoms with Crippen LogP contribution in [-0.2, 0) is 0 Å². The number of aliphatic hydroxyl groups is 1. The van der Waals surface area contributed by atoms with Crippen molar-refractivity contribution >= 4 is 0 Å². The molecule has 1 aromatic heterocycles. The van der Waals surface area contributed by atoms with Crippen molar-refractivity contribution < 1.29 is 9.52 Å². The molecule has 1 aromatic rings. The lowest BCUT2D eigenvalue weighted by atomic mass is 9.94. The van der Waals surface area contributed by atoms with E-state index in [4.69, 9.17) is 4.42 Å². The van der Waals surface area contributed by atoms with Gasteiger partial charge in [0.05, 0.1) is 6.10 Å². The third-order valence-electron chi connectivity index (χ3n) is 3.98. The van der Waals surface area contributed by atoms with Gasteiger partial charge in [0, 0.05) is 5.56 Å². The number of hydrogen-bond acceptors (Lipinski definition) is 2. The summed E-state index contributed by atoms with van der Waals surface area (Å²) >= 11 is 0. The molecule has 16 heavy (non-hydrogen) atoms. The van der Waals surface area contributed by atoms with Crippen LogP contribution in [0.2, 0.25) is 0 Å². The second kappa shape index (κ2) is 4.62. The van der Waals surface area contributed by atoms with Crippen molar-refractivity contribution in [3.8, 4) is 0 Å². The lowest BCUT2D eigenvalue weighted by Gasteiger charge is -2.15. The topological polar surface area (TPSA) is 33.4 Å². The standard InChI is InChI=1S/C14H22O2/c1-9-10(2)16-11(3)14(9)13(15)8-12-6-4-5-7-12/h12-13,15H,4-8H2,1-3H3. The van der Waals surface area contributed by atoms with E-state index in [0.29, 0.717) is 5.92 Å². The molecule has 1 N–H and O–H groups in total. The number of hydrogen-bond donors (Lipinski definition) is 1. The van der Waals surface area contributed by atoms with Crippen LogP contribution >= 0.6 is 0 Å². The maximum absolute atomic E-state index is 10.3. The highest BCUT2D eigenvalue weighted by Gasteiger charge is 2.24. The highest BCUT2D eigenvalue weighted by atomic mass is 16.3. The van der Waals surface area contributed by atoms with Crippen molar-refractivity contribution in [3.63, 3.8) is 0 Å². The fraction of sp³-hybridized carbons (Fsp3) is 0.714. The van der Waals surface area contributed by atoms with E-state index in [0.717, 1.165) is 29.1 Å². The Labute approximate surface area is 97.7 Å². The summed E-state index contributed by atoms with van der Waals surface area (Å²) in [6.07, 6.45) is 5.80. The van der Waals surface area contributed by atoms with Crippen molar-refractivity contribution in [1.82, 2.24) is 0 Å². The van der Waals surface area contributed by atoms with Crippen molar-refractivity contribution in [2.24, 2.45) is 5.92 Å². The van der Waals surface area contributed by atoms with Crippen LogP contribution in [0, 0.1) is 26.7 Å². The molecule has 0 saturated heterocycles. The van der Waals surface area contributed by atoms with E-state index in [1.54, 1.807) is 0 Å². The Hall–Kier alpha value is -0.760. The number of rotatable bonds is 3. The van der Waals surface area contributed by atoms with Crippen LogP contribution < -0.4 is 0 Å². The zero-order chi connectivity index (χ0) is 11.7. The molecular weight excluding hydrogens is 200 g/mol. The van der Waals surface area contributed by atoms with Gasteiger partial charge in [0.1, 0.15) is 11.5 Å². The molecule has 0 aliphatic heterocycles. The molecule has 1 saturated carbocycles. The second-order valence-electron chi connectivity index (χ2n) is 5.16. The highest BCUT2D eigenvalue weighted by molar-refractivity contribution is 5.33. The van der Waals surface area contributed by atoms with Crippen LogP contribution in [0.15, 0.2) is 4.42 Å². The van der Waals surface area contributed by atoms with Gasteiger partial charge in [0.15, 0.2) is 0 Å². The maximum atomic E-state index is 10.3. The number of furan rings is 1. The number of aliphatic hydroxyl groups excluding tert-OH is 1. The highest BCUT2D eigenvalue weighted by Crippen LogP contribution is 2.36. The summed E-state index contributed by atoms with van der Waals surface area (Å²) in [5.74, 6) is 2.54. The first-order valence-corrected chi connectivity index (χ1v) is 6.34. The molecule has 2 nitrogen and oxygen atoms in total. The van der Waals surface area contributed by atoms with E-state index in [9.17, 15) is 5.11 Å². The molecule has 1 aliphatic rings. The molecule has 2 heteroatoms. The lowest BCUT2D eigenvalue weighted by Crippen LogP contribution is -2.06. The van der Waals surface area contributed by atoms with Crippen molar-refractivity contribution in [2.45, 2.75) is 59.0 Å². The van der Waals surface area contributed by atoms with Crippen LogP contribution in [0.3, 0.4) is 0 Å². The van der Waals surface area contributed by atoms with E-state index in [2.05, 4.69) is 0 Å². The molecule has 0 spiro atoms. The predicted octanol–water partition coefficient (Wildman–Crippen LogP) is 3.82. The van der Waals surface area contributed by atoms with Gasteiger partial charge in [-0.25, -0.2) is 0 Å². The molecule has 1 fully saturated rings. The molecular formula is C14H22O2. The van der Waals surface area contributed by atoms with Gasteiger partial charge in [0.2, 0.25) is 0 Å². The zero-order valence-corrected chi connectivity index (χ0v) is 10.5. The van der Waals surface area contributed by atoms with E-state index in [1.807, 2.05) is 20.8 Å². The minimum absolute atomic E-state index is 0.333. The Balaban J connectivity index is 2.10. The Bertz CT molecular complexity index is 359. The fourth-order valence-electron chi connectivity index (χ4n) is 2.98. The predicted molar refractivity (Wildman–Crippen MR) is 64.5 cm³/mol. The van der Waals surface area contributed by atoms with Crippen LogP contribution in [0.25, 0.3) is 0 Å². The zero-order valence-electron chi connectivity index (χ0n) is 10.5. The van der Waals surface area contributed by atoms with Gasteiger partial charge >= 0.3 is 0 Å². The van der Waals surface area contributed by atoms with Crippen LogP contribution in [0.5, 0.6) is 0 Å². The molecule has 1 atom stereocenters. The molecule has 1 heterocycles. The van der Waals surface area contributed by atoms with Gasteiger partial charge in [-0.15, -0.1) is 0 Å². The van der Waals surface area contributed by atoms with E-state index in [-0.39, 0.29) is 6.10 Å². The summed E-state index contributed by atoms with van der Waals surface area (Å²) in [7, 11) is 0. The van der Waals surface area contributed by atoms with E-state index < -0.39 is 0 Å². The summed E-state index contributed by atoms with van der Waals surface area (Å²) in [6.45, 7) is 5.96. The first-order chi connectivity index (χ1) is 7.59. The van der Waals surface area contributed by atoms with E-state index in [1.165, 1.54) is 25.7 Å². The minimum atomic E-state index is -0.333. The SMILES string of the molecule is Cc1oc(C)c(C(O)CC2CCCC2)c1C. The van der Waals surface area contributed by atoms with Gasteiger partial charge in [-0.05, 0) is 38.7 Å². The maximum Gasteiger partial charge on any atom is 0.107 e. The smallest absolute Gasteiger partial charge is 0.107 e. The molecule has 1 unspecified atom stereocenters. The summed E-state index contributed by atoms with van der Waals surface area (Å²) in [4.78, 5) is 0. The normalized spacial score (nSPS) is 19.2. The molecule has 2 rings (SSSR count). The summed E-state index contributed by atoms with van der Waals surface area (Å²) < 4.78 is 5.57. The van der Waals surface area contributed by atoms with Crippen LogP contribution in [-0.4, -0.2) is 5.11 Å². The minimum Gasteiger partial charge on any atom is -0.466 e. The molecule has 0 bridgehead atoms. The first-order valence-electron chi connectivity index (χ1n) is 6.34. The van der Waals surface area contributed by atoms with E-state index >= 15 is 0 Å². The van der Waals surface area contributed by atoms with Crippen LogP contribution in [0.4, 0.5) is 0 Å². The third kappa shape index (κ3) is 2.17. The van der Waals surface area contributed by atoms with Crippen LogP contribution in [0.1, 0.15) is 60.9 Å². The molecule has 0 radical (unpaired) electrons. The summed E-state index contributed by atoms with van der Waals surface area (Å²) in [6, 6.07) is 0. The monoisotopic (exact) mass is 222 g/mol. The molecule has 1 aliphatic carbocycles. The van der Waals surface area contributed by atoms with Gasteiger partial charge in [-0.1, -0.05) is 25.7 Å². The molecule has 0 aromatic carbocycles. The second-order valence-corrected chi connectivity index (χ2v) is 5.16. The van der Waals surface area contributed by atoms with Crippen molar-refractivity contribution in [3.05, 3.63) is 22.6 Å². The first kappa shape index (κ1) is 11.7. The summed E-state index contributed by atoms with van der Waals surface area (Å²) in [5.41, 5.74) is 2.16. The Kier molecular flexibility index (Phi) is 3.38.